The summed E-state index contributed by atoms with van der Waals surface area (Å²) < 4.78 is 0. The van der Waals surface area contributed by atoms with Gasteiger partial charge >= 0.3 is 0 Å². The molecule has 0 aromatic heterocycles. The standard InChI is InChI=1S/C7H8BrN3O2/c8-4-5-3-6(11(12)13)1-2-7(5)10-9/h1-3,10H,4,9H2. The number of nitrogens with zero attached hydrogens (tertiary/aromatic N) is 1. The average Bonchev–Trinajstić information content (AvgIpc) is 2.16. The van der Waals surface area contributed by atoms with E-state index in [-0.39, 0.29) is 5.69 Å². The fourth-order valence-electron chi connectivity index (χ4n) is 0.945. The Balaban J connectivity index is 3.13. The molecule has 5 nitrogen and oxygen atoms in total. The number of nitrogens with two attached hydrogens (primary N) is 1. The number of nitrogen functional groups attached to an aromatic ring is 1. The molecule has 0 atom stereocenters. The topological polar surface area (TPSA) is 81.2 Å². The maximum atomic E-state index is 10.4. The van der Waals surface area contributed by atoms with Gasteiger partial charge in [-0.3, -0.25) is 16.0 Å². The molecule has 0 spiro atoms. The van der Waals surface area contributed by atoms with Crippen LogP contribution in [0.15, 0.2) is 18.2 Å². The molecular formula is C7H8BrN3O2. The molecule has 3 N–H and O–H groups in total. The zero-order valence-electron chi connectivity index (χ0n) is 6.66. The first kappa shape index (κ1) is 9.94. The highest BCUT2D eigenvalue weighted by molar-refractivity contribution is 9.08. The van der Waals surface area contributed by atoms with E-state index in [1.54, 1.807) is 6.07 Å². The second kappa shape index (κ2) is 4.20. The number of hydrogen-bond acceptors (Lipinski definition) is 4. The summed E-state index contributed by atoms with van der Waals surface area (Å²) in [4.78, 5) is 9.97. The van der Waals surface area contributed by atoms with Gasteiger partial charge in [0.15, 0.2) is 0 Å². The molecule has 6 heteroatoms. The minimum Gasteiger partial charge on any atom is -0.324 e. The highest BCUT2D eigenvalue weighted by atomic mass is 79.9. The van der Waals surface area contributed by atoms with Gasteiger partial charge in [0.2, 0.25) is 0 Å². The second-order valence-electron chi connectivity index (χ2n) is 2.38. The molecule has 0 aliphatic rings. The molecule has 0 aliphatic heterocycles. The van der Waals surface area contributed by atoms with Gasteiger partial charge < -0.3 is 5.43 Å². The Morgan fingerprint density at radius 3 is 2.77 bits per heavy atom. The third kappa shape index (κ3) is 2.16. The van der Waals surface area contributed by atoms with E-state index in [1.165, 1.54) is 12.1 Å². The van der Waals surface area contributed by atoms with E-state index in [9.17, 15) is 10.1 Å². The molecule has 0 radical (unpaired) electrons. The molecule has 0 bridgehead atoms. The van der Waals surface area contributed by atoms with Gasteiger partial charge in [0.25, 0.3) is 5.69 Å². The average molecular weight is 246 g/mol. The summed E-state index contributed by atoms with van der Waals surface area (Å²) >= 11 is 3.21. The number of nitro benzene ring substituents is 1. The minimum atomic E-state index is -0.438. The maximum absolute atomic E-state index is 10.4. The molecule has 0 heterocycles. The molecule has 1 aromatic rings. The van der Waals surface area contributed by atoms with Crippen LogP contribution in [0.2, 0.25) is 0 Å². The monoisotopic (exact) mass is 245 g/mol. The highest BCUT2D eigenvalue weighted by Crippen LogP contribution is 2.23. The number of non-ortho nitro benzene ring substituents is 1. The third-order valence-electron chi connectivity index (χ3n) is 1.60. The van der Waals surface area contributed by atoms with Gasteiger partial charge in [0.05, 0.1) is 10.6 Å². The third-order valence-corrected chi connectivity index (χ3v) is 2.20. The maximum Gasteiger partial charge on any atom is 0.269 e. The van der Waals surface area contributed by atoms with Crippen molar-refractivity contribution in [3.63, 3.8) is 0 Å². The Morgan fingerprint density at radius 2 is 2.31 bits per heavy atom. The fraction of sp³-hybridized carbons (Fsp3) is 0.143. The molecule has 1 aromatic carbocycles. The summed E-state index contributed by atoms with van der Waals surface area (Å²) in [6.45, 7) is 0. The van der Waals surface area contributed by atoms with E-state index in [4.69, 9.17) is 5.84 Å². The van der Waals surface area contributed by atoms with Crippen LogP contribution in [0.25, 0.3) is 0 Å². The van der Waals surface area contributed by atoms with Gasteiger partial charge in [-0.1, -0.05) is 15.9 Å². The van der Waals surface area contributed by atoms with Crippen molar-refractivity contribution >= 4 is 27.3 Å². The zero-order valence-corrected chi connectivity index (χ0v) is 8.24. The van der Waals surface area contributed by atoms with Crippen molar-refractivity contribution < 1.29 is 4.92 Å². The number of nitrogens with one attached hydrogen (secondary N) is 1. The number of alkyl halides is 1. The molecule has 0 unspecified atom stereocenters. The van der Waals surface area contributed by atoms with E-state index in [2.05, 4.69) is 21.4 Å². The predicted octanol–water partition coefficient (Wildman–Crippen LogP) is 1.78. The van der Waals surface area contributed by atoms with Crippen LogP contribution in [-0.4, -0.2) is 4.92 Å². The second-order valence-corrected chi connectivity index (χ2v) is 2.94. The van der Waals surface area contributed by atoms with Crippen LogP contribution in [-0.2, 0) is 5.33 Å². The lowest BCUT2D eigenvalue weighted by atomic mass is 10.2. The molecule has 0 aliphatic carbocycles. The Labute approximate surface area is 83.2 Å². The number of hydrogen-bond donors (Lipinski definition) is 2. The van der Waals surface area contributed by atoms with E-state index in [0.717, 1.165) is 5.56 Å². The quantitative estimate of drug-likeness (QED) is 0.368. The van der Waals surface area contributed by atoms with Crippen LogP contribution in [0.1, 0.15) is 5.56 Å². The summed E-state index contributed by atoms with van der Waals surface area (Å²) in [7, 11) is 0. The first-order chi connectivity index (χ1) is 6.19. The Hall–Kier alpha value is -1.14. The van der Waals surface area contributed by atoms with Crippen molar-refractivity contribution in [2.24, 2.45) is 5.84 Å². The van der Waals surface area contributed by atoms with Crippen molar-refractivity contribution in [2.75, 3.05) is 5.43 Å². The molecule has 13 heavy (non-hydrogen) atoms. The van der Waals surface area contributed by atoms with Gasteiger partial charge in [0.1, 0.15) is 0 Å². The minimum absolute atomic E-state index is 0.0634. The molecule has 70 valence electrons. The lowest BCUT2D eigenvalue weighted by Crippen LogP contribution is -2.08. The van der Waals surface area contributed by atoms with E-state index in [1.807, 2.05) is 0 Å². The van der Waals surface area contributed by atoms with Crippen LogP contribution in [0.5, 0.6) is 0 Å². The van der Waals surface area contributed by atoms with Gasteiger partial charge in [0, 0.05) is 17.5 Å². The Kier molecular flexibility index (Phi) is 3.21. The van der Waals surface area contributed by atoms with Gasteiger partial charge in [-0.25, -0.2) is 0 Å². The van der Waals surface area contributed by atoms with Gasteiger partial charge in [-0.05, 0) is 11.6 Å². The number of anilines is 1. The Morgan fingerprint density at radius 1 is 1.62 bits per heavy atom. The van der Waals surface area contributed by atoms with E-state index < -0.39 is 4.92 Å². The number of rotatable bonds is 3. The van der Waals surface area contributed by atoms with Crippen LogP contribution in [0, 0.1) is 10.1 Å². The number of hydrazine groups is 1. The molecular weight excluding hydrogens is 238 g/mol. The SMILES string of the molecule is NNc1ccc([N+](=O)[O-])cc1CBr. The van der Waals surface area contributed by atoms with Crippen molar-refractivity contribution in [3.8, 4) is 0 Å². The van der Waals surface area contributed by atoms with E-state index >= 15 is 0 Å². The van der Waals surface area contributed by atoms with Crippen molar-refractivity contribution in [1.29, 1.82) is 0 Å². The van der Waals surface area contributed by atoms with Crippen molar-refractivity contribution in [1.82, 2.24) is 0 Å². The van der Waals surface area contributed by atoms with Crippen molar-refractivity contribution in [2.45, 2.75) is 5.33 Å². The number of halogens is 1. The van der Waals surface area contributed by atoms with Gasteiger partial charge in [-0.15, -0.1) is 0 Å². The molecule has 0 saturated heterocycles. The zero-order chi connectivity index (χ0) is 9.84. The summed E-state index contributed by atoms with van der Waals surface area (Å²) in [5.41, 5.74) is 3.97. The van der Waals surface area contributed by atoms with Crippen LogP contribution >= 0.6 is 15.9 Å². The highest BCUT2D eigenvalue weighted by Gasteiger charge is 2.08. The summed E-state index contributed by atoms with van der Waals surface area (Å²) in [5.74, 6) is 5.21. The smallest absolute Gasteiger partial charge is 0.269 e. The van der Waals surface area contributed by atoms with Crippen LogP contribution in [0.4, 0.5) is 11.4 Å². The van der Waals surface area contributed by atoms with E-state index in [0.29, 0.717) is 11.0 Å². The van der Waals surface area contributed by atoms with Crippen LogP contribution in [0.3, 0.4) is 0 Å². The molecule has 0 saturated carbocycles. The van der Waals surface area contributed by atoms with Crippen LogP contribution < -0.4 is 11.3 Å². The lowest BCUT2D eigenvalue weighted by molar-refractivity contribution is -0.384. The number of nitro groups is 1. The largest absolute Gasteiger partial charge is 0.324 e. The molecule has 0 amide bonds. The predicted molar refractivity (Wildman–Crippen MR) is 53.5 cm³/mol. The number of benzene rings is 1. The summed E-state index contributed by atoms with van der Waals surface area (Å²) in [6.07, 6.45) is 0. The fourth-order valence-corrected chi connectivity index (χ4v) is 1.41. The normalized spacial score (nSPS) is 9.69. The van der Waals surface area contributed by atoms with Crippen molar-refractivity contribution in [3.05, 3.63) is 33.9 Å². The summed E-state index contributed by atoms with van der Waals surface area (Å²) in [5, 5.41) is 10.9. The molecule has 0 fully saturated rings. The van der Waals surface area contributed by atoms with Gasteiger partial charge in [-0.2, -0.15) is 0 Å². The first-order valence-electron chi connectivity index (χ1n) is 3.49. The first-order valence-corrected chi connectivity index (χ1v) is 4.61. The Bertz CT molecular complexity index is 330. The lowest BCUT2D eigenvalue weighted by Gasteiger charge is -2.04. The molecule has 1 rings (SSSR count). The summed E-state index contributed by atoms with van der Waals surface area (Å²) in [6, 6.07) is 4.46.